The zero-order valence-corrected chi connectivity index (χ0v) is 12.7. The highest BCUT2D eigenvalue weighted by molar-refractivity contribution is 5.95. The minimum absolute atomic E-state index is 0. The third-order valence-corrected chi connectivity index (χ3v) is 3.26. The lowest BCUT2D eigenvalue weighted by molar-refractivity contribution is 0.0766. The van der Waals surface area contributed by atoms with E-state index >= 15 is 0 Å². The molecule has 1 amide bonds. The Kier molecular flexibility index (Phi) is 6.61. The molecule has 2 rings (SSSR count). The first-order valence-corrected chi connectivity index (χ1v) is 6.48. The summed E-state index contributed by atoms with van der Waals surface area (Å²) in [5, 5.41) is 3.29. The van der Waals surface area contributed by atoms with E-state index in [0.717, 1.165) is 32.6 Å². The van der Waals surface area contributed by atoms with Crippen molar-refractivity contribution in [2.24, 2.45) is 0 Å². The number of halogens is 1. The summed E-state index contributed by atoms with van der Waals surface area (Å²) in [5.74, 6) is 1.27. The van der Waals surface area contributed by atoms with Gasteiger partial charge in [-0.2, -0.15) is 0 Å². The number of amides is 1. The molecule has 0 aromatic heterocycles. The SMILES string of the molecule is COc1ccc(C(=O)N2CCCNCC2)cc1OC.Cl. The van der Waals surface area contributed by atoms with Crippen molar-refractivity contribution in [3.8, 4) is 11.5 Å². The van der Waals surface area contributed by atoms with Gasteiger partial charge in [-0.25, -0.2) is 0 Å². The lowest BCUT2D eigenvalue weighted by atomic mass is 10.1. The van der Waals surface area contributed by atoms with Gasteiger partial charge in [-0.15, -0.1) is 12.4 Å². The number of ether oxygens (including phenoxy) is 2. The quantitative estimate of drug-likeness (QED) is 0.920. The molecule has 0 saturated carbocycles. The monoisotopic (exact) mass is 300 g/mol. The molecule has 5 nitrogen and oxygen atoms in total. The van der Waals surface area contributed by atoms with Crippen molar-refractivity contribution in [2.75, 3.05) is 40.4 Å². The third-order valence-electron chi connectivity index (χ3n) is 3.26. The molecule has 1 aliphatic heterocycles. The largest absolute Gasteiger partial charge is 0.493 e. The van der Waals surface area contributed by atoms with Crippen molar-refractivity contribution in [3.05, 3.63) is 23.8 Å². The number of hydrogen-bond acceptors (Lipinski definition) is 4. The molecule has 1 aliphatic rings. The zero-order valence-electron chi connectivity index (χ0n) is 11.8. The van der Waals surface area contributed by atoms with Crippen LogP contribution in [0.3, 0.4) is 0 Å². The molecule has 112 valence electrons. The van der Waals surface area contributed by atoms with E-state index < -0.39 is 0 Å². The van der Waals surface area contributed by atoms with Gasteiger partial charge in [0.1, 0.15) is 0 Å². The van der Waals surface area contributed by atoms with Crippen LogP contribution >= 0.6 is 12.4 Å². The van der Waals surface area contributed by atoms with Gasteiger partial charge >= 0.3 is 0 Å². The van der Waals surface area contributed by atoms with Crippen molar-refractivity contribution >= 4 is 18.3 Å². The number of hydrogen-bond donors (Lipinski definition) is 1. The average molecular weight is 301 g/mol. The van der Waals surface area contributed by atoms with Crippen LogP contribution < -0.4 is 14.8 Å². The molecule has 20 heavy (non-hydrogen) atoms. The topological polar surface area (TPSA) is 50.8 Å². The van der Waals surface area contributed by atoms with Crippen LogP contribution in [0.5, 0.6) is 11.5 Å². The van der Waals surface area contributed by atoms with Gasteiger partial charge in [0, 0.05) is 25.2 Å². The Hall–Kier alpha value is -1.46. The molecule has 0 unspecified atom stereocenters. The van der Waals surface area contributed by atoms with E-state index in [0.29, 0.717) is 17.1 Å². The average Bonchev–Trinajstić information content (AvgIpc) is 2.74. The van der Waals surface area contributed by atoms with Gasteiger partial charge < -0.3 is 19.7 Å². The Labute approximate surface area is 125 Å². The summed E-state index contributed by atoms with van der Waals surface area (Å²) >= 11 is 0. The van der Waals surface area contributed by atoms with Crippen LogP contribution in [0.15, 0.2) is 18.2 Å². The minimum Gasteiger partial charge on any atom is -0.493 e. The molecule has 0 radical (unpaired) electrons. The molecule has 0 bridgehead atoms. The molecular weight excluding hydrogens is 280 g/mol. The number of carbonyl (C=O) groups excluding carboxylic acids is 1. The number of nitrogens with zero attached hydrogens (tertiary/aromatic N) is 1. The smallest absolute Gasteiger partial charge is 0.254 e. The first-order valence-electron chi connectivity index (χ1n) is 6.48. The maximum absolute atomic E-state index is 12.4. The molecular formula is C14H21ClN2O3. The van der Waals surface area contributed by atoms with Crippen LogP contribution in [0.1, 0.15) is 16.8 Å². The van der Waals surface area contributed by atoms with Crippen LogP contribution in [0.25, 0.3) is 0 Å². The Balaban J connectivity index is 0.00000200. The fourth-order valence-electron chi connectivity index (χ4n) is 2.20. The van der Waals surface area contributed by atoms with Crippen LogP contribution in [0.2, 0.25) is 0 Å². The highest BCUT2D eigenvalue weighted by Crippen LogP contribution is 2.28. The predicted octanol–water partition coefficient (Wildman–Crippen LogP) is 1.56. The van der Waals surface area contributed by atoms with Gasteiger partial charge in [-0.05, 0) is 31.2 Å². The Morgan fingerprint density at radius 3 is 2.60 bits per heavy atom. The fraction of sp³-hybridized carbons (Fsp3) is 0.500. The van der Waals surface area contributed by atoms with Crippen molar-refractivity contribution in [3.63, 3.8) is 0 Å². The van der Waals surface area contributed by atoms with Gasteiger partial charge in [-0.3, -0.25) is 4.79 Å². The maximum Gasteiger partial charge on any atom is 0.254 e. The van der Waals surface area contributed by atoms with Gasteiger partial charge in [0.2, 0.25) is 0 Å². The van der Waals surface area contributed by atoms with E-state index in [9.17, 15) is 4.79 Å². The fourth-order valence-corrected chi connectivity index (χ4v) is 2.20. The molecule has 1 aromatic carbocycles. The molecule has 6 heteroatoms. The van der Waals surface area contributed by atoms with Crippen LogP contribution in [-0.4, -0.2) is 51.2 Å². The van der Waals surface area contributed by atoms with Gasteiger partial charge in [0.05, 0.1) is 14.2 Å². The summed E-state index contributed by atoms with van der Waals surface area (Å²) in [6.07, 6.45) is 0.985. The number of carbonyl (C=O) groups is 1. The Morgan fingerprint density at radius 1 is 1.15 bits per heavy atom. The minimum atomic E-state index is 0. The van der Waals surface area contributed by atoms with Crippen molar-refractivity contribution in [2.45, 2.75) is 6.42 Å². The molecule has 0 aliphatic carbocycles. The first-order chi connectivity index (χ1) is 9.26. The number of rotatable bonds is 3. The van der Waals surface area contributed by atoms with E-state index in [2.05, 4.69) is 5.32 Å². The molecule has 0 atom stereocenters. The summed E-state index contributed by atoms with van der Waals surface area (Å²) in [5.41, 5.74) is 0.638. The summed E-state index contributed by atoms with van der Waals surface area (Å²) in [7, 11) is 3.15. The van der Waals surface area contributed by atoms with Crippen LogP contribution in [0.4, 0.5) is 0 Å². The zero-order chi connectivity index (χ0) is 13.7. The second-order valence-electron chi connectivity index (χ2n) is 4.47. The molecule has 1 N–H and O–H groups in total. The van der Waals surface area contributed by atoms with E-state index in [1.54, 1.807) is 32.4 Å². The van der Waals surface area contributed by atoms with Crippen LogP contribution in [-0.2, 0) is 0 Å². The van der Waals surface area contributed by atoms with Crippen molar-refractivity contribution in [1.82, 2.24) is 10.2 Å². The predicted molar refractivity (Wildman–Crippen MR) is 80.2 cm³/mol. The van der Waals surface area contributed by atoms with Crippen LogP contribution in [0, 0.1) is 0 Å². The van der Waals surface area contributed by atoms with Crippen molar-refractivity contribution < 1.29 is 14.3 Å². The van der Waals surface area contributed by atoms with Crippen molar-refractivity contribution in [1.29, 1.82) is 0 Å². The van der Waals surface area contributed by atoms with E-state index in [-0.39, 0.29) is 18.3 Å². The normalized spacial score (nSPS) is 15.0. The molecule has 1 saturated heterocycles. The maximum atomic E-state index is 12.4. The Morgan fingerprint density at radius 2 is 1.90 bits per heavy atom. The highest BCUT2D eigenvalue weighted by atomic mass is 35.5. The van der Waals surface area contributed by atoms with Gasteiger partial charge in [-0.1, -0.05) is 0 Å². The summed E-state index contributed by atoms with van der Waals surface area (Å²) < 4.78 is 10.4. The second kappa shape index (κ2) is 7.97. The molecule has 1 fully saturated rings. The summed E-state index contributed by atoms with van der Waals surface area (Å²) in [4.78, 5) is 14.3. The molecule has 1 aromatic rings. The standard InChI is InChI=1S/C14H20N2O3.ClH/c1-18-12-5-4-11(10-13(12)19-2)14(17)16-8-3-6-15-7-9-16;/h4-5,10,15H,3,6-9H2,1-2H3;1H. The van der Waals surface area contributed by atoms with Gasteiger partial charge in [0.15, 0.2) is 11.5 Å². The molecule has 1 heterocycles. The number of benzene rings is 1. The van der Waals surface area contributed by atoms with E-state index in [4.69, 9.17) is 9.47 Å². The number of nitrogens with one attached hydrogen (secondary N) is 1. The van der Waals surface area contributed by atoms with Gasteiger partial charge in [0.25, 0.3) is 5.91 Å². The summed E-state index contributed by atoms with van der Waals surface area (Å²) in [6, 6.07) is 5.28. The Bertz CT molecular complexity index is 446. The highest BCUT2D eigenvalue weighted by Gasteiger charge is 2.18. The summed E-state index contributed by atoms with van der Waals surface area (Å²) in [6.45, 7) is 3.35. The van der Waals surface area contributed by atoms with E-state index in [1.165, 1.54) is 0 Å². The number of methoxy groups -OCH3 is 2. The lowest BCUT2D eigenvalue weighted by Gasteiger charge is -2.20. The lowest BCUT2D eigenvalue weighted by Crippen LogP contribution is -2.34. The third kappa shape index (κ3) is 3.77. The first kappa shape index (κ1) is 16.6. The van der Waals surface area contributed by atoms with E-state index in [1.807, 2.05) is 4.90 Å². The second-order valence-corrected chi connectivity index (χ2v) is 4.47. The molecule has 0 spiro atoms.